The summed E-state index contributed by atoms with van der Waals surface area (Å²) in [6, 6.07) is 6.65. The van der Waals surface area contributed by atoms with Gasteiger partial charge in [-0.05, 0) is 55.5 Å². The molecular weight excluding hydrogens is 510 g/mol. The van der Waals surface area contributed by atoms with Crippen molar-refractivity contribution in [3.8, 4) is 5.69 Å². The van der Waals surface area contributed by atoms with Gasteiger partial charge in [0.15, 0.2) is 5.82 Å². The van der Waals surface area contributed by atoms with Crippen molar-refractivity contribution in [3.63, 3.8) is 0 Å². The van der Waals surface area contributed by atoms with E-state index in [1.807, 2.05) is 18.2 Å². The fourth-order valence-electron chi connectivity index (χ4n) is 6.15. The van der Waals surface area contributed by atoms with Crippen LogP contribution >= 0.6 is 11.6 Å². The van der Waals surface area contributed by atoms with E-state index in [-0.39, 0.29) is 17.3 Å². The molecule has 4 aliphatic rings. The Hall–Kier alpha value is -2.79. The zero-order chi connectivity index (χ0) is 25.6. The molecule has 2 saturated carbocycles. The van der Waals surface area contributed by atoms with Gasteiger partial charge in [0, 0.05) is 48.7 Å². The number of fused-ring (bicyclic) bond motifs is 3. The van der Waals surface area contributed by atoms with Crippen LogP contribution in [0.3, 0.4) is 0 Å². The minimum atomic E-state index is -4.49. The Morgan fingerprint density at radius 1 is 1.05 bits per heavy atom. The minimum Gasteiger partial charge on any atom is -0.340 e. The second-order valence-electron chi connectivity index (χ2n) is 11.1. The molecule has 0 radical (unpaired) electrons. The number of benzene rings is 1. The molecule has 3 aromatic rings. The zero-order valence-corrected chi connectivity index (χ0v) is 20.6. The molecule has 194 valence electrons. The average molecular weight is 534 g/mol. The van der Waals surface area contributed by atoms with E-state index in [0.29, 0.717) is 50.6 Å². The molecule has 2 aliphatic heterocycles. The molecule has 3 fully saturated rings. The topological polar surface area (TPSA) is 63.0 Å². The highest BCUT2D eigenvalue weighted by Gasteiger charge is 2.55. The van der Waals surface area contributed by atoms with E-state index in [2.05, 4.69) is 29.6 Å². The van der Waals surface area contributed by atoms with Crippen molar-refractivity contribution in [2.24, 2.45) is 5.41 Å². The van der Waals surface area contributed by atoms with E-state index in [9.17, 15) is 17.6 Å². The van der Waals surface area contributed by atoms with E-state index in [1.165, 1.54) is 0 Å². The third kappa shape index (κ3) is 4.06. The molecule has 0 amide bonds. The van der Waals surface area contributed by atoms with E-state index < -0.39 is 17.5 Å². The smallest absolute Gasteiger partial charge is 0.340 e. The highest BCUT2D eigenvalue weighted by atomic mass is 35.5. The normalized spacial score (nSPS) is 22.1. The van der Waals surface area contributed by atoms with Gasteiger partial charge >= 0.3 is 6.18 Å². The summed E-state index contributed by atoms with van der Waals surface area (Å²) in [5, 5.41) is 9.70. The Kier molecular flexibility index (Phi) is 4.96. The lowest BCUT2D eigenvalue weighted by molar-refractivity contribution is -0.141. The monoisotopic (exact) mass is 533 g/mol. The van der Waals surface area contributed by atoms with Crippen LogP contribution in [0, 0.1) is 5.41 Å². The molecule has 1 aromatic carbocycles. The van der Waals surface area contributed by atoms with Gasteiger partial charge < -0.3 is 4.90 Å². The highest BCUT2D eigenvalue weighted by molar-refractivity contribution is 6.30. The molecule has 4 heterocycles. The summed E-state index contributed by atoms with van der Waals surface area (Å²) in [6.07, 6.45) is -0.423. The Labute approximate surface area is 215 Å². The van der Waals surface area contributed by atoms with Crippen LogP contribution in [-0.4, -0.2) is 54.9 Å². The van der Waals surface area contributed by atoms with Gasteiger partial charge in [-0.15, -0.1) is 10.2 Å². The predicted octanol–water partition coefficient (Wildman–Crippen LogP) is 4.93. The molecule has 0 unspecified atom stereocenters. The lowest BCUT2D eigenvalue weighted by Crippen LogP contribution is -2.62. The van der Waals surface area contributed by atoms with Gasteiger partial charge in [-0.25, -0.2) is 14.4 Å². The van der Waals surface area contributed by atoms with Crippen molar-refractivity contribution < 1.29 is 17.6 Å². The van der Waals surface area contributed by atoms with E-state index in [0.717, 1.165) is 48.0 Å². The molecule has 0 N–H and O–H groups in total. The third-order valence-corrected chi connectivity index (χ3v) is 8.32. The summed E-state index contributed by atoms with van der Waals surface area (Å²) < 4.78 is 55.9. The number of anilines is 1. The van der Waals surface area contributed by atoms with Crippen molar-refractivity contribution in [3.05, 3.63) is 58.4 Å². The predicted molar refractivity (Wildman–Crippen MR) is 127 cm³/mol. The lowest BCUT2D eigenvalue weighted by Gasteiger charge is -2.58. The summed E-state index contributed by atoms with van der Waals surface area (Å²) in [4.78, 5) is 11.7. The van der Waals surface area contributed by atoms with Gasteiger partial charge in [-0.3, -0.25) is 9.47 Å². The molecule has 0 atom stereocenters. The Balaban J connectivity index is 1.10. The maximum Gasteiger partial charge on any atom is 0.433 e. The first-order chi connectivity index (χ1) is 17.6. The maximum atomic E-state index is 14.6. The fourth-order valence-corrected chi connectivity index (χ4v) is 6.35. The first-order valence-corrected chi connectivity index (χ1v) is 12.8. The van der Waals surface area contributed by atoms with Crippen LogP contribution in [0.4, 0.5) is 23.5 Å². The number of hydrogen-bond acceptors (Lipinski definition) is 6. The van der Waals surface area contributed by atoms with Gasteiger partial charge in [0.2, 0.25) is 5.95 Å². The standard InChI is InChI=1S/C25H24ClF4N7/c26-17-1-2-18-15(7-17)10-35(14-24(27)4-5-24)11-20-33-34-21(37(18)20)16-8-23(9-16)12-36(13-23)22-31-6-3-19(32-22)25(28,29)30/h1-3,6-7,16H,4-5,8-14H2. The molecular formula is C25H24ClF4N7. The number of rotatable bonds is 4. The van der Waals surface area contributed by atoms with Crippen molar-refractivity contribution in [2.75, 3.05) is 24.5 Å². The number of nitrogens with zero attached hydrogens (tertiary/aromatic N) is 7. The van der Waals surface area contributed by atoms with Crippen LogP contribution in [0.1, 0.15) is 54.5 Å². The molecule has 0 bridgehead atoms. The number of halogens is 5. The number of aromatic nitrogens is 5. The molecule has 7 nitrogen and oxygen atoms in total. The van der Waals surface area contributed by atoms with Gasteiger partial charge in [-0.1, -0.05) is 11.6 Å². The van der Waals surface area contributed by atoms with Crippen molar-refractivity contribution in [1.82, 2.24) is 29.6 Å². The van der Waals surface area contributed by atoms with Crippen molar-refractivity contribution >= 4 is 17.5 Å². The molecule has 7 rings (SSSR count). The van der Waals surface area contributed by atoms with Gasteiger partial charge in [-0.2, -0.15) is 13.2 Å². The summed E-state index contributed by atoms with van der Waals surface area (Å²) >= 11 is 6.32. The Bertz CT molecular complexity index is 1370. The first-order valence-electron chi connectivity index (χ1n) is 12.4. The Morgan fingerprint density at radius 2 is 1.84 bits per heavy atom. The van der Waals surface area contributed by atoms with Crippen LogP contribution in [0.25, 0.3) is 5.69 Å². The minimum absolute atomic E-state index is 0.0147. The molecule has 37 heavy (non-hydrogen) atoms. The number of hydrogen-bond donors (Lipinski definition) is 0. The molecule has 2 aliphatic carbocycles. The SMILES string of the molecule is FC1(CN2Cc3cc(Cl)ccc3-n3c(nnc3C3CC4(C3)CN(c3nccc(C(F)(F)F)n3)C4)C2)CC1. The van der Waals surface area contributed by atoms with Crippen LogP contribution in [0.2, 0.25) is 5.02 Å². The van der Waals surface area contributed by atoms with Crippen LogP contribution in [0.5, 0.6) is 0 Å². The fraction of sp³-hybridized carbons (Fsp3) is 0.520. The van der Waals surface area contributed by atoms with Crippen molar-refractivity contribution in [1.29, 1.82) is 0 Å². The van der Waals surface area contributed by atoms with Gasteiger partial charge in [0.1, 0.15) is 17.2 Å². The third-order valence-electron chi connectivity index (χ3n) is 8.09. The van der Waals surface area contributed by atoms with Crippen LogP contribution in [-0.2, 0) is 19.3 Å². The zero-order valence-electron chi connectivity index (χ0n) is 19.8. The van der Waals surface area contributed by atoms with Crippen LogP contribution in [0.15, 0.2) is 30.5 Å². The van der Waals surface area contributed by atoms with Gasteiger partial charge in [0.05, 0.1) is 12.2 Å². The largest absolute Gasteiger partial charge is 0.433 e. The van der Waals surface area contributed by atoms with E-state index in [4.69, 9.17) is 11.6 Å². The lowest BCUT2D eigenvalue weighted by atomic mass is 9.57. The quantitative estimate of drug-likeness (QED) is 0.443. The van der Waals surface area contributed by atoms with Gasteiger partial charge in [0.25, 0.3) is 0 Å². The highest BCUT2D eigenvalue weighted by Crippen LogP contribution is 2.56. The summed E-state index contributed by atoms with van der Waals surface area (Å²) in [5.74, 6) is 1.96. The second-order valence-corrected chi connectivity index (χ2v) is 11.5. The summed E-state index contributed by atoms with van der Waals surface area (Å²) in [5.41, 5.74) is -0.0392. The molecule has 1 spiro atoms. The second kappa shape index (κ2) is 7.86. The average Bonchev–Trinajstić information content (AvgIpc) is 3.41. The van der Waals surface area contributed by atoms with Crippen LogP contribution < -0.4 is 4.90 Å². The molecule has 1 saturated heterocycles. The number of alkyl halides is 4. The summed E-state index contributed by atoms with van der Waals surface area (Å²) in [6.45, 7) is 2.68. The molecule has 2 aromatic heterocycles. The molecule has 12 heteroatoms. The Morgan fingerprint density at radius 3 is 2.57 bits per heavy atom. The maximum absolute atomic E-state index is 14.6. The first kappa shape index (κ1) is 23.3. The van der Waals surface area contributed by atoms with Crippen molar-refractivity contribution in [2.45, 2.75) is 56.5 Å². The van der Waals surface area contributed by atoms with E-state index in [1.54, 1.807) is 4.90 Å². The summed E-state index contributed by atoms with van der Waals surface area (Å²) in [7, 11) is 0. The van der Waals surface area contributed by atoms with E-state index >= 15 is 0 Å².